The minimum Gasteiger partial charge on any atom is -0.496 e. The second kappa shape index (κ2) is 11.7. The Kier molecular flexibility index (Phi) is 8.45. The third-order valence-electron chi connectivity index (χ3n) is 4.71. The van der Waals surface area contributed by atoms with Crippen molar-refractivity contribution in [2.24, 2.45) is 0 Å². The molecule has 2 N–H and O–H groups in total. The van der Waals surface area contributed by atoms with Gasteiger partial charge in [-0.3, -0.25) is 9.78 Å². The van der Waals surface area contributed by atoms with E-state index in [0.29, 0.717) is 17.1 Å². The number of rotatable bonds is 10. The van der Waals surface area contributed by atoms with E-state index in [4.69, 9.17) is 4.74 Å². The molecule has 3 aromatic rings. The maximum Gasteiger partial charge on any atom is 0.326 e. The van der Waals surface area contributed by atoms with Gasteiger partial charge in [0.15, 0.2) is 0 Å². The van der Waals surface area contributed by atoms with Gasteiger partial charge in [-0.05, 0) is 29.5 Å². The largest absolute Gasteiger partial charge is 0.496 e. The number of carboxylic acid groups (broad SMARTS) is 1. The topological polar surface area (TPSA) is 88.5 Å². The summed E-state index contributed by atoms with van der Waals surface area (Å²) >= 11 is 1.38. The van der Waals surface area contributed by atoms with Crippen LogP contribution in [0.4, 0.5) is 0 Å². The quantitative estimate of drug-likeness (QED) is 0.436. The number of aliphatic carboxylic acids is 1. The number of amides is 1. The van der Waals surface area contributed by atoms with Crippen LogP contribution in [0.5, 0.6) is 0 Å². The Labute approximate surface area is 191 Å². The molecule has 1 atom stereocenters. The standard InChI is InChI=1S/C25H24N2O4S/c1-32-20(17-31-16-18-8-7-13-26-15-18)14-23(25(29)30)27-24(28)22-12-6-5-11-21(22)19-9-3-2-4-10-19/h2-13,15,17,23H,14,16H2,1H3,(H,27,28)(H,29,30). The van der Waals surface area contributed by atoms with E-state index in [-0.39, 0.29) is 6.42 Å². The summed E-state index contributed by atoms with van der Waals surface area (Å²) in [5, 5.41) is 12.4. The second-order valence-electron chi connectivity index (χ2n) is 6.94. The lowest BCUT2D eigenvalue weighted by Gasteiger charge is -2.17. The van der Waals surface area contributed by atoms with Crippen molar-refractivity contribution in [3.63, 3.8) is 0 Å². The Hall–Kier alpha value is -3.58. The summed E-state index contributed by atoms with van der Waals surface area (Å²) in [6.07, 6.45) is 6.88. The van der Waals surface area contributed by atoms with Crippen LogP contribution >= 0.6 is 11.8 Å². The summed E-state index contributed by atoms with van der Waals surface area (Å²) < 4.78 is 5.59. The number of aromatic nitrogens is 1. The summed E-state index contributed by atoms with van der Waals surface area (Å²) in [7, 11) is 0. The minimum atomic E-state index is -1.11. The molecular formula is C25H24N2O4S. The molecule has 0 radical (unpaired) electrons. The predicted octanol–water partition coefficient (Wildman–Crippen LogP) is 4.74. The SMILES string of the molecule is CSC(=COCc1cccnc1)CC(NC(=O)c1ccccc1-c1ccccc1)C(=O)O. The van der Waals surface area contributed by atoms with Crippen molar-refractivity contribution in [1.82, 2.24) is 10.3 Å². The number of thioether (sulfide) groups is 1. The van der Waals surface area contributed by atoms with Gasteiger partial charge in [-0.1, -0.05) is 54.6 Å². The molecule has 0 aliphatic heterocycles. The van der Waals surface area contributed by atoms with E-state index in [1.165, 1.54) is 18.0 Å². The number of nitrogens with zero attached hydrogens (tertiary/aromatic N) is 1. The minimum absolute atomic E-state index is 0.114. The predicted molar refractivity (Wildman–Crippen MR) is 126 cm³/mol. The summed E-state index contributed by atoms with van der Waals surface area (Å²) in [6, 6.07) is 19.3. The van der Waals surface area contributed by atoms with Crippen molar-refractivity contribution in [3.05, 3.63) is 101 Å². The molecule has 0 fully saturated rings. The summed E-state index contributed by atoms with van der Waals surface area (Å²) in [4.78, 5) is 29.6. The van der Waals surface area contributed by atoms with Gasteiger partial charge in [-0.2, -0.15) is 0 Å². The molecule has 0 bridgehead atoms. The third-order valence-corrected chi connectivity index (χ3v) is 5.50. The van der Waals surface area contributed by atoms with Crippen molar-refractivity contribution < 1.29 is 19.4 Å². The van der Waals surface area contributed by atoms with Gasteiger partial charge >= 0.3 is 5.97 Å². The highest BCUT2D eigenvalue weighted by atomic mass is 32.2. The van der Waals surface area contributed by atoms with Gasteiger partial charge in [0.25, 0.3) is 5.91 Å². The van der Waals surface area contributed by atoms with Gasteiger partial charge in [-0.25, -0.2) is 4.79 Å². The van der Waals surface area contributed by atoms with Crippen molar-refractivity contribution in [1.29, 1.82) is 0 Å². The van der Waals surface area contributed by atoms with E-state index in [9.17, 15) is 14.7 Å². The van der Waals surface area contributed by atoms with Crippen LogP contribution in [-0.4, -0.2) is 34.3 Å². The van der Waals surface area contributed by atoms with Crippen LogP contribution in [-0.2, 0) is 16.1 Å². The van der Waals surface area contributed by atoms with E-state index in [1.54, 1.807) is 24.5 Å². The molecule has 1 amide bonds. The van der Waals surface area contributed by atoms with Gasteiger partial charge in [0.2, 0.25) is 0 Å². The van der Waals surface area contributed by atoms with Gasteiger partial charge in [0.05, 0.1) is 6.26 Å². The number of carbonyl (C=O) groups is 2. The van der Waals surface area contributed by atoms with E-state index >= 15 is 0 Å². The highest BCUT2D eigenvalue weighted by Crippen LogP contribution is 2.24. The van der Waals surface area contributed by atoms with Gasteiger partial charge in [0.1, 0.15) is 12.6 Å². The number of hydrogen-bond donors (Lipinski definition) is 2. The highest BCUT2D eigenvalue weighted by molar-refractivity contribution is 8.02. The molecule has 0 aliphatic rings. The molecule has 164 valence electrons. The van der Waals surface area contributed by atoms with E-state index in [2.05, 4.69) is 10.3 Å². The molecule has 7 heteroatoms. The summed E-state index contributed by atoms with van der Waals surface area (Å²) in [6.45, 7) is 0.326. The molecular weight excluding hydrogens is 424 g/mol. The fraction of sp³-hybridized carbons (Fsp3) is 0.160. The first-order chi connectivity index (χ1) is 15.6. The number of benzene rings is 2. The van der Waals surface area contributed by atoms with E-state index < -0.39 is 17.9 Å². The monoisotopic (exact) mass is 448 g/mol. The first-order valence-electron chi connectivity index (χ1n) is 10.00. The van der Waals surface area contributed by atoms with Crippen LogP contribution in [0.25, 0.3) is 11.1 Å². The third kappa shape index (κ3) is 6.46. The van der Waals surface area contributed by atoms with Crippen molar-refractivity contribution in [3.8, 4) is 11.1 Å². The molecule has 3 rings (SSSR count). The van der Waals surface area contributed by atoms with Crippen LogP contribution in [0, 0.1) is 0 Å². The maximum absolute atomic E-state index is 13.0. The molecule has 0 saturated carbocycles. The Morgan fingerprint density at radius 3 is 2.53 bits per heavy atom. The smallest absolute Gasteiger partial charge is 0.326 e. The molecule has 6 nitrogen and oxygen atoms in total. The molecule has 0 spiro atoms. The van der Waals surface area contributed by atoms with Gasteiger partial charge < -0.3 is 15.2 Å². The number of hydrogen-bond acceptors (Lipinski definition) is 5. The molecule has 2 aromatic carbocycles. The Balaban J connectivity index is 1.70. The first-order valence-corrected chi connectivity index (χ1v) is 11.2. The average Bonchev–Trinajstić information content (AvgIpc) is 2.83. The number of ether oxygens (including phenoxy) is 1. The Morgan fingerprint density at radius 1 is 1.09 bits per heavy atom. The molecule has 1 aromatic heterocycles. The summed E-state index contributed by atoms with van der Waals surface area (Å²) in [5.74, 6) is -1.55. The number of carboxylic acids is 1. The average molecular weight is 449 g/mol. The number of pyridine rings is 1. The van der Waals surface area contributed by atoms with E-state index in [0.717, 1.165) is 16.7 Å². The van der Waals surface area contributed by atoms with Gasteiger partial charge in [0, 0.05) is 34.8 Å². The Morgan fingerprint density at radius 2 is 1.84 bits per heavy atom. The lowest BCUT2D eigenvalue weighted by molar-refractivity contribution is -0.139. The first kappa shape index (κ1) is 23.1. The highest BCUT2D eigenvalue weighted by Gasteiger charge is 2.23. The number of nitrogens with one attached hydrogen (secondary N) is 1. The molecule has 32 heavy (non-hydrogen) atoms. The number of carbonyl (C=O) groups excluding carboxylic acids is 1. The van der Waals surface area contributed by atoms with Gasteiger partial charge in [-0.15, -0.1) is 11.8 Å². The second-order valence-corrected chi connectivity index (χ2v) is 7.87. The van der Waals surface area contributed by atoms with Crippen LogP contribution < -0.4 is 5.32 Å². The Bertz CT molecular complexity index is 1070. The lowest BCUT2D eigenvalue weighted by atomic mass is 9.99. The zero-order valence-corrected chi connectivity index (χ0v) is 18.4. The zero-order chi connectivity index (χ0) is 22.8. The molecule has 0 aliphatic carbocycles. The van der Waals surface area contributed by atoms with Crippen LogP contribution in [0.15, 0.2) is 90.3 Å². The fourth-order valence-electron chi connectivity index (χ4n) is 3.08. The normalized spacial score (nSPS) is 12.1. The van der Waals surface area contributed by atoms with Crippen LogP contribution in [0.3, 0.4) is 0 Å². The molecule has 0 saturated heterocycles. The van der Waals surface area contributed by atoms with Crippen LogP contribution in [0.1, 0.15) is 22.3 Å². The van der Waals surface area contributed by atoms with Crippen LogP contribution in [0.2, 0.25) is 0 Å². The molecule has 1 heterocycles. The fourth-order valence-corrected chi connectivity index (χ4v) is 3.58. The van der Waals surface area contributed by atoms with Crippen molar-refractivity contribution in [2.75, 3.05) is 6.26 Å². The van der Waals surface area contributed by atoms with E-state index in [1.807, 2.05) is 60.9 Å². The summed E-state index contributed by atoms with van der Waals surface area (Å²) in [5.41, 5.74) is 2.96. The zero-order valence-electron chi connectivity index (χ0n) is 17.6. The maximum atomic E-state index is 13.0. The lowest BCUT2D eigenvalue weighted by Crippen LogP contribution is -2.41. The van der Waals surface area contributed by atoms with Crippen molar-refractivity contribution in [2.45, 2.75) is 19.1 Å². The molecule has 1 unspecified atom stereocenters. The van der Waals surface area contributed by atoms with Crippen molar-refractivity contribution >= 4 is 23.6 Å².